The minimum absolute atomic E-state index is 0.0209. The van der Waals surface area contributed by atoms with Gasteiger partial charge in [-0.2, -0.15) is 0 Å². The number of carbonyl (C=O) groups is 1. The molecule has 194 valence electrons. The number of nitrogens with zero attached hydrogens (tertiary/aromatic N) is 3. The van der Waals surface area contributed by atoms with Gasteiger partial charge in [-0.3, -0.25) is 14.2 Å². The smallest absolute Gasteiger partial charge is 0.271 e. The molecule has 1 aliphatic heterocycles. The number of ether oxygens (including phenoxy) is 2. The Balaban J connectivity index is 2.00. The Morgan fingerprint density at radius 2 is 1.86 bits per heavy atom. The predicted octanol–water partition coefficient (Wildman–Crippen LogP) is 3.59. The quantitative estimate of drug-likeness (QED) is 0.457. The minimum atomic E-state index is -0.705. The van der Waals surface area contributed by atoms with Crippen molar-refractivity contribution >= 4 is 39.2 Å². The number of benzene rings is 2. The average Bonchev–Trinajstić information content (AvgIpc) is 3.19. The first-order valence-corrected chi connectivity index (χ1v) is 13.4. The molecule has 1 atom stereocenters. The lowest BCUT2D eigenvalue weighted by atomic mass is 9.94. The van der Waals surface area contributed by atoms with Gasteiger partial charge in [0.05, 0.1) is 34.5 Å². The number of thiazole rings is 1. The fourth-order valence-corrected chi connectivity index (χ4v) is 5.95. The van der Waals surface area contributed by atoms with Crippen LogP contribution in [0.15, 0.2) is 61.9 Å². The number of halogens is 1. The molecule has 10 heteroatoms. The van der Waals surface area contributed by atoms with Crippen LogP contribution in [0.2, 0.25) is 0 Å². The molecule has 8 nitrogen and oxygen atoms in total. The zero-order valence-corrected chi connectivity index (χ0v) is 23.6. The van der Waals surface area contributed by atoms with Crippen LogP contribution in [0.3, 0.4) is 0 Å². The summed E-state index contributed by atoms with van der Waals surface area (Å²) in [6.07, 6.45) is 1.72. The Morgan fingerprint density at radius 1 is 1.19 bits per heavy atom. The van der Waals surface area contributed by atoms with Gasteiger partial charge in [-0.15, -0.1) is 0 Å². The van der Waals surface area contributed by atoms with E-state index in [0.717, 1.165) is 0 Å². The van der Waals surface area contributed by atoms with Crippen LogP contribution < -0.4 is 24.4 Å². The molecular formula is C27H28BrN3O5S. The van der Waals surface area contributed by atoms with E-state index in [1.807, 2.05) is 38.1 Å². The monoisotopic (exact) mass is 585 g/mol. The van der Waals surface area contributed by atoms with Gasteiger partial charge in [0.1, 0.15) is 11.8 Å². The van der Waals surface area contributed by atoms with E-state index in [1.54, 1.807) is 41.7 Å². The number of phenolic OH excluding ortho intramolecular Hbond substituents is 1. The van der Waals surface area contributed by atoms with Crippen molar-refractivity contribution in [1.82, 2.24) is 9.47 Å². The first-order chi connectivity index (χ1) is 17.7. The van der Waals surface area contributed by atoms with Crippen molar-refractivity contribution in [3.05, 3.63) is 83.0 Å². The van der Waals surface area contributed by atoms with E-state index >= 15 is 0 Å². The molecule has 0 bridgehead atoms. The summed E-state index contributed by atoms with van der Waals surface area (Å²) in [5.41, 5.74) is 2.10. The number of phenols is 1. The molecule has 1 amide bonds. The van der Waals surface area contributed by atoms with E-state index in [-0.39, 0.29) is 23.0 Å². The number of allylic oxidation sites excluding steroid dienone is 1. The summed E-state index contributed by atoms with van der Waals surface area (Å²) in [6.45, 7) is 6.72. The van der Waals surface area contributed by atoms with Crippen LogP contribution in [0.1, 0.15) is 37.9 Å². The van der Waals surface area contributed by atoms with Crippen LogP contribution >= 0.6 is 27.3 Å². The lowest BCUT2D eigenvalue weighted by Crippen LogP contribution is -2.43. The molecule has 1 aliphatic rings. The van der Waals surface area contributed by atoms with Crippen LogP contribution in [0, 0.1) is 0 Å². The van der Waals surface area contributed by atoms with Crippen molar-refractivity contribution in [2.75, 3.05) is 27.3 Å². The molecule has 2 heterocycles. The average molecular weight is 587 g/mol. The van der Waals surface area contributed by atoms with Crippen LogP contribution in [0.25, 0.3) is 6.08 Å². The van der Waals surface area contributed by atoms with Crippen molar-refractivity contribution in [2.45, 2.75) is 26.8 Å². The molecule has 1 aromatic heterocycles. The Morgan fingerprint density at radius 3 is 2.51 bits per heavy atom. The number of methoxy groups -OCH3 is 2. The van der Waals surface area contributed by atoms with Gasteiger partial charge < -0.3 is 19.5 Å². The maximum atomic E-state index is 13.9. The van der Waals surface area contributed by atoms with Crippen molar-refractivity contribution in [3.8, 4) is 17.2 Å². The summed E-state index contributed by atoms with van der Waals surface area (Å²) >= 11 is 4.57. The third-order valence-corrected chi connectivity index (χ3v) is 7.89. The molecule has 0 radical (unpaired) electrons. The van der Waals surface area contributed by atoms with E-state index in [4.69, 9.17) is 14.5 Å². The van der Waals surface area contributed by atoms with Gasteiger partial charge in [-0.1, -0.05) is 29.5 Å². The molecule has 1 N–H and O–H groups in total. The number of fused-ring (bicyclic) bond motifs is 1. The molecule has 0 saturated carbocycles. The van der Waals surface area contributed by atoms with E-state index < -0.39 is 6.04 Å². The number of hydrogen-bond acceptors (Lipinski definition) is 7. The first-order valence-electron chi connectivity index (χ1n) is 11.8. The predicted molar refractivity (Wildman–Crippen MR) is 147 cm³/mol. The van der Waals surface area contributed by atoms with Crippen molar-refractivity contribution < 1.29 is 19.4 Å². The molecule has 0 aliphatic carbocycles. The second kappa shape index (κ2) is 10.9. The summed E-state index contributed by atoms with van der Waals surface area (Å²) in [5, 5.41) is 10.2. The molecule has 0 fully saturated rings. The second-order valence-electron chi connectivity index (χ2n) is 8.35. The number of rotatable bonds is 7. The number of likely N-dealkylation sites (N-methyl/N-ethyl adjacent to an activating group) is 1. The first kappa shape index (κ1) is 26.7. The molecule has 3 aromatic rings. The highest BCUT2D eigenvalue weighted by molar-refractivity contribution is 9.10. The van der Waals surface area contributed by atoms with Crippen molar-refractivity contribution in [1.29, 1.82) is 0 Å². The van der Waals surface area contributed by atoms with Crippen molar-refractivity contribution in [2.24, 2.45) is 4.99 Å². The molecular weight excluding hydrogens is 558 g/mol. The summed E-state index contributed by atoms with van der Waals surface area (Å²) in [6, 6.07) is 10.1. The fraction of sp³-hybridized carbons (Fsp3) is 0.296. The molecule has 4 rings (SSSR count). The van der Waals surface area contributed by atoms with Gasteiger partial charge in [0.15, 0.2) is 16.3 Å². The highest BCUT2D eigenvalue weighted by atomic mass is 79.9. The SMILES string of the molecule is CCN(CC)C(=O)C1=C(C)N=c2s/c(=C/c3cc(Br)c(O)c(OC)c3)c(=O)n2[C@H]1c1ccccc1OC. The van der Waals surface area contributed by atoms with E-state index in [2.05, 4.69) is 15.9 Å². The molecule has 0 unspecified atom stereocenters. The summed E-state index contributed by atoms with van der Waals surface area (Å²) in [4.78, 5) is 34.5. The molecule has 37 heavy (non-hydrogen) atoms. The topological polar surface area (TPSA) is 93.4 Å². The number of carbonyl (C=O) groups excluding carboxylic acids is 1. The summed E-state index contributed by atoms with van der Waals surface area (Å²) < 4.78 is 13.3. The fourth-order valence-electron chi connectivity index (χ4n) is 4.45. The maximum absolute atomic E-state index is 13.9. The lowest BCUT2D eigenvalue weighted by Gasteiger charge is -2.29. The number of amides is 1. The van der Waals surface area contributed by atoms with Gasteiger partial charge in [-0.25, -0.2) is 4.99 Å². The van der Waals surface area contributed by atoms with E-state index in [0.29, 0.717) is 55.0 Å². The van der Waals surface area contributed by atoms with Crippen LogP contribution in [-0.4, -0.2) is 47.8 Å². The minimum Gasteiger partial charge on any atom is -0.503 e. The van der Waals surface area contributed by atoms with E-state index in [1.165, 1.54) is 18.4 Å². The van der Waals surface area contributed by atoms with E-state index in [9.17, 15) is 14.7 Å². The Labute approximate surface area is 226 Å². The maximum Gasteiger partial charge on any atom is 0.271 e. The van der Waals surface area contributed by atoms with Gasteiger partial charge >= 0.3 is 0 Å². The number of para-hydroxylation sites is 1. The third kappa shape index (κ3) is 4.83. The zero-order valence-electron chi connectivity index (χ0n) is 21.2. The standard InChI is InChI=1S/C27H28BrN3O5S/c1-6-30(7-2)26(34)22-15(3)29-27-31(23(22)17-10-8-9-11-19(17)35-4)25(33)21(37-27)14-16-12-18(28)24(32)20(13-16)36-5/h8-14,23,32H,6-7H2,1-5H3/b21-14+/t23-/m0/s1. The Hall–Kier alpha value is -3.37. The zero-order chi connectivity index (χ0) is 26.9. The summed E-state index contributed by atoms with van der Waals surface area (Å²) in [7, 11) is 3.03. The van der Waals surface area contributed by atoms with Crippen molar-refractivity contribution in [3.63, 3.8) is 0 Å². The third-order valence-electron chi connectivity index (χ3n) is 6.30. The number of aromatic hydroxyl groups is 1. The van der Waals surface area contributed by atoms with Crippen LogP contribution in [0.5, 0.6) is 17.2 Å². The van der Waals surface area contributed by atoms with Crippen LogP contribution in [0.4, 0.5) is 0 Å². The van der Waals surface area contributed by atoms with Gasteiger partial charge in [0.2, 0.25) is 0 Å². The molecule has 0 spiro atoms. The second-order valence-corrected chi connectivity index (χ2v) is 10.2. The summed E-state index contributed by atoms with van der Waals surface area (Å²) in [5.74, 6) is 0.674. The van der Waals surface area contributed by atoms with Crippen LogP contribution in [-0.2, 0) is 4.79 Å². The van der Waals surface area contributed by atoms with Gasteiger partial charge in [-0.05, 0) is 66.5 Å². The Kier molecular flexibility index (Phi) is 7.89. The van der Waals surface area contributed by atoms with Gasteiger partial charge in [0, 0.05) is 18.7 Å². The molecule has 0 saturated heterocycles. The Bertz CT molecular complexity index is 1570. The van der Waals surface area contributed by atoms with Gasteiger partial charge in [0.25, 0.3) is 11.5 Å². The number of hydrogen-bond donors (Lipinski definition) is 1. The normalized spacial score (nSPS) is 15.3. The lowest BCUT2D eigenvalue weighted by molar-refractivity contribution is -0.127. The highest BCUT2D eigenvalue weighted by Gasteiger charge is 2.35. The molecule has 2 aromatic carbocycles. The number of aromatic nitrogens is 1. The highest BCUT2D eigenvalue weighted by Crippen LogP contribution is 2.37. The largest absolute Gasteiger partial charge is 0.503 e.